The molecule has 0 N–H and O–H groups in total. The van der Waals surface area contributed by atoms with Crippen molar-refractivity contribution in [2.75, 3.05) is 31.1 Å². The van der Waals surface area contributed by atoms with Gasteiger partial charge in [0.05, 0.1) is 10.3 Å². The summed E-state index contributed by atoms with van der Waals surface area (Å²) in [5, 5.41) is 0.570. The molecule has 1 aromatic carbocycles. The molecule has 3 aromatic rings. The minimum Gasteiger partial charge on any atom is -0.368 e. The number of benzene rings is 1. The van der Waals surface area contributed by atoms with Crippen molar-refractivity contribution in [2.45, 2.75) is 27.7 Å². The Balaban J connectivity index is 1.58. The van der Waals surface area contributed by atoms with E-state index in [4.69, 9.17) is 0 Å². The third-order valence-electron chi connectivity index (χ3n) is 6.07. The largest absolute Gasteiger partial charge is 0.368 e. The van der Waals surface area contributed by atoms with Crippen LogP contribution in [0, 0.1) is 27.7 Å². The van der Waals surface area contributed by atoms with Crippen LogP contribution in [0.15, 0.2) is 23.0 Å². The second kappa shape index (κ2) is 7.30. The molecule has 1 amide bonds. The normalized spacial score (nSPS) is 14.7. The van der Waals surface area contributed by atoms with Gasteiger partial charge < -0.3 is 9.80 Å². The lowest BCUT2D eigenvalue weighted by molar-refractivity contribution is 0.0751. The van der Waals surface area contributed by atoms with Crippen molar-refractivity contribution in [1.82, 2.24) is 14.5 Å². The van der Waals surface area contributed by atoms with Crippen LogP contribution < -0.4 is 10.5 Å². The Bertz CT molecular complexity index is 1170. The third kappa shape index (κ3) is 3.23. The zero-order chi connectivity index (χ0) is 20.9. The lowest BCUT2D eigenvalue weighted by Gasteiger charge is -2.37. The van der Waals surface area contributed by atoms with Crippen LogP contribution in [0.3, 0.4) is 0 Å². The number of carbonyl (C=O) groups excluding carboxylic acids is 1. The Morgan fingerprint density at radius 3 is 2.41 bits per heavy atom. The first-order valence-electron chi connectivity index (χ1n) is 9.86. The lowest BCUT2D eigenvalue weighted by atomic mass is 10.1. The van der Waals surface area contributed by atoms with E-state index in [0.717, 1.165) is 18.7 Å². The fraction of sp³-hybridized carbons (Fsp3) is 0.409. The van der Waals surface area contributed by atoms with Gasteiger partial charge in [-0.05, 0) is 50.5 Å². The van der Waals surface area contributed by atoms with Crippen LogP contribution in [-0.4, -0.2) is 46.5 Å². The Kier molecular flexibility index (Phi) is 4.94. The van der Waals surface area contributed by atoms with Crippen LogP contribution in [0.5, 0.6) is 0 Å². The molecule has 0 saturated carbocycles. The fourth-order valence-corrected chi connectivity index (χ4v) is 5.13. The fourth-order valence-electron chi connectivity index (χ4n) is 3.94. The molecule has 0 aliphatic carbocycles. The molecule has 7 heteroatoms. The first-order valence-corrected chi connectivity index (χ1v) is 10.7. The number of anilines is 1. The van der Waals surface area contributed by atoms with Gasteiger partial charge in [0, 0.05) is 38.9 Å². The predicted octanol–water partition coefficient (Wildman–Crippen LogP) is 3.19. The Labute approximate surface area is 174 Å². The van der Waals surface area contributed by atoms with E-state index >= 15 is 0 Å². The number of rotatable bonds is 2. The molecule has 0 unspecified atom stereocenters. The number of hydrogen-bond donors (Lipinski definition) is 0. The number of thiophene rings is 1. The van der Waals surface area contributed by atoms with E-state index in [0.29, 0.717) is 34.0 Å². The van der Waals surface area contributed by atoms with Crippen LogP contribution in [0.25, 0.3) is 10.2 Å². The van der Waals surface area contributed by atoms with Crippen LogP contribution >= 0.6 is 11.3 Å². The van der Waals surface area contributed by atoms with Crippen LogP contribution in [0.2, 0.25) is 0 Å². The van der Waals surface area contributed by atoms with Gasteiger partial charge in [-0.15, -0.1) is 11.3 Å². The number of piperazine rings is 1. The molecule has 0 bridgehead atoms. The standard InChI is InChI=1S/C22H26N4O2S/c1-13-7-6-8-17(14(13)2)25-9-11-26(12-10-25)22(28)19-15(3)18-20(29-19)23-16(4)24(5)21(18)27/h6-8H,9-12H2,1-5H3. The highest BCUT2D eigenvalue weighted by molar-refractivity contribution is 7.20. The van der Waals surface area contributed by atoms with Gasteiger partial charge in [-0.2, -0.15) is 0 Å². The number of fused-ring (bicyclic) bond motifs is 1. The maximum absolute atomic E-state index is 13.2. The summed E-state index contributed by atoms with van der Waals surface area (Å²) in [7, 11) is 1.72. The summed E-state index contributed by atoms with van der Waals surface area (Å²) in [5.74, 6) is 0.663. The Morgan fingerprint density at radius 1 is 1.03 bits per heavy atom. The molecule has 0 radical (unpaired) electrons. The van der Waals surface area contributed by atoms with Gasteiger partial charge in [0.2, 0.25) is 0 Å². The van der Waals surface area contributed by atoms with E-state index in [2.05, 4.69) is 41.9 Å². The predicted molar refractivity (Wildman–Crippen MR) is 118 cm³/mol. The van der Waals surface area contributed by atoms with E-state index in [1.165, 1.54) is 28.2 Å². The summed E-state index contributed by atoms with van der Waals surface area (Å²) in [6.07, 6.45) is 0. The van der Waals surface area contributed by atoms with Gasteiger partial charge in [-0.3, -0.25) is 14.2 Å². The molecular formula is C22H26N4O2S. The van der Waals surface area contributed by atoms with E-state index in [-0.39, 0.29) is 11.5 Å². The van der Waals surface area contributed by atoms with Crippen LogP contribution in [0.1, 0.15) is 32.2 Å². The van der Waals surface area contributed by atoms with Crippen molar-refractivity contribution in [3.63, 3.8) is 0 Å². The van der Waals surface area contributed by atoms with Crippen molar-refractivity contribution in [3.8, 4) is 0 Å². The molecule has 3 heterocycles. The highest BCUT2D eigenvalue weighted by atomic mass is 32.1. The summed E-state index contributed by atoms with van der Waals surface area (Å²) >= 11 is 1.34. The molecule has 6 nitrogen and oxygen atoms in total. The van der Waals surface area contributed by atoms with Crippen LogP contribution in [0.4, 0.5) is 5.69 Å². The molecule has 152 valence electrons. The first-order chi connectivity index (χ1) is 13.8. The van der Waals surface area contributed by atoms with Gasteiger partial charge in [0.15, 0.2) is 0 Å². The Morgan fingerprint density at radius 2 is 1.72 bits per heavy atom. The second-order valence-electron chi connectivity index (χ2n) is 7.76. The highest BCUT2D eigenvalue weighted by Gasteiger charge is 2.27. The number of hydrogen-bond acceptors (Lipinski definition) is 5. The van der Waals surface area contributed by atoms with Crippen molar-refractivity contribution >= 4 is 33.1 Å². The maximum atomic E-state index is 13.2. The van der Waals surface area contributed by atoms with E-state index in [1.807, 2.05) is 18.7 Å². The first kappa shape index (κ1) is 19.6. The van der Waals surface area contributed by atoms with E-state index in [1.54, 1.807) is 11.6 Å². The molecule has 0 atom stereocenters. The van der Waals surface area contributed by atoms with Gasteiger partial charge in [-0.1, -0.05) is 12.1 Å². The molecule has 4 rings (SSSR count). The summed E-state index contributed by atoms with van der Waals surface area (Å²) in [4.78, 5) is 35.9. The molecule has 2 aromatic heterocycles. The SMILES string of the molecule is Cc1cccc(N2CCN(C(=O)c3sc4nc(C)n(C)c(=O)c4c3C)CC2)c1C. The molecular weight excluding hydrogens is 384 g/mol. The number of nitrogens with zero attached hydrogens (tertiary/aromatic N) is 4. The summed E-state index contributed by atoms with van der Waals surface area (Å²) < 4.78 is 1.54. The van der Waals surface area contributed by atoms with Crippen molar-refractivity contribution in [2.24, 2.45) is 7.05 Å². The van der Waals surface area contributed by atoms with Gasteiger partial charge >= 0.3 is 0 Å². The minimum atomic E-state index is -0.0833. The number of carbonyl (C=O) groups is 1. The topological polar surface area (TPSA) is 58.4 Å². The number of aryl methyl sites for hydroxylation is 3. The van der Waals surface area contributed by atoms with E-state index in [9.17, 15) is 9.59 Å². The molecule has 0 spiro atoms. The van der Waals surface area contributed by atoms with Crippen LogP contribution in [-0.2, 0) is 7.05 Å². The summed E-state index contributed by atoms with van der Waals surface area (Å²) in [6, 6.07) is 6.37. The average molecular weight is 411 g/mol. The molecule has 1 fully saturated rings. The number of amides is 1. The molecule has 1 aliphatic rings. The second-order valence-corrected chi connectivity index (χ2v) is 8.76. The van der Waals surface area contributed by atoms with E-state index < -0.39 is 0 Å². The monoisotopic (exact) mass is 410 g/mol. The zero-order valence-corrected chi connectivity index (χ0v) is 18.4. The van der Waals surface area contributed by atoms with Crippen molar-refractivity contribution in [1.29, 1.82) is 0 Å². The molecule has 1 saturated heterocycles. The quantitative estimate of drug-likeness (QED) is 0.651. The van der Waals surface area contributed by atoms with Crippen molar-refractivity contribution in [3.05, 3.63) is 55.9 Å². The molecule has 1 aliphatic heterocycles. The average Bonchev–Trinajstić information content (AvgIpc) is 3.04. The Hall–Kier alpha value is -2.67. The maximum Gasteiger partial charge on any atom is 0.264 e. The smallest absolute Gasteiger partial charge is 0.264 e. The summed E-state index contributed by atoms with van der Waals surface area (Å²) in [6.45, 7) is 10.9. The van der Waals surface area contributed by atoms with Gasteiger partial charge in [-0.25, -0.2) is 4.98 Å². The summed E-state index contributed by atoms with van der Waals surface area (Å²) in [5.41, 5.74) is 4.50. The highest BCUT2D eigenvalue weighted by Crippen LogP contribution is 2.29. The molecule has 29 heavy (non-hydrogen) atoms. The van der Waals surface area contributed by atoms with Crippen molar-refractivity contribution < 1.29 is 4.79 Å². The minimum absolute atomic E-state index is 0.00539. The lowest BCUT2D eigenvalue weighted by Crippen LogP contribution is -2.49. The third-order valence-corrected chi connectivity index (χ3v) is 7.25. The van der Waals surface area contributed by atoms with Gasteiger partial charge in [0.1, 0.15) is 10.7 Å². The number of aromatic nitrogens is 2. The van der Waals surface area contributed by atoms with Gasteiger partial charge in [0.25, 0.3) is 11.5 Å². The zero-order valence-electron chi connectivity index (χ0n) is 17.6.